The van der Waals surface area contributed by atoms with E-state index < -0.39 is 0 Å². The molecule has 0 aliphatic heterocycles. The molecule has 0 aliphatic rings. The van der Waals surface area contributed by atoms with Crippen LogP contribution in [0.4, 0.5) is 0 Å². The van der Waals surface area contributed by atoms with Crippen molar-refractivity contribution in [2.75, 3.05) is 13.2 Å². The molecule has 0 unspecified atom stereocenters. The third-order valence-corrected chi connectivity index (χ3v) is 1.45. The van der Waals surface area contributed by atoms with Gasteiger partial charge in [-0.25, -0.2) is 0 Å². The minimum atomic E-state index is -0.279. The second kappa shape index (κ2) is 4.95. The lowest BCUT2D eigenvalue weighted by atomic mass is 10.3. The van der Waals surface area contributed by atoms with Crippen LogP contribution in [0.25, 0.3) is 0 Å². The number of furan rings is 1. The van der Waals surface area contributed by atoms with Gasteiger partial charge in [-0.05, 0) is 19.9 Å². The highest BCUT2D eigenvalue weighted by Crippen LogP contribution is 2.18. The van der Waals surface area contributed by atoms with Crippen molar-refractivity contribution in [2.45, 2.75) is 20.1 Å². The van der Waals surface area contributed by atoms with Crippen LogP contribution < -0.4 is 0 Å². The Bertz CT molecular complexity index is 188. The molecule has 68 valence electrons. The molecule has 1 aromatic rings. The van der Waals surface area contributed by atoms with Crippen molar-refractivity contribution < 1.29 is 13.9 Å². The van der Waals surface area contributed by atoms with Crippen LogP contribution in [0.2, 0.25) is 0 Å². The minimum absolute atomic E-state index is 0.279. The first-order chi connectivity index (χ1) is 5.88. The maximum absolute atomic E-state index is 5.34. The molecule has 1 heterocycles. The van der Waals surface area contributed by atoms with Crippen molar-refractivity contribution in [1.82, 2.24) is 0 Å². The molecule has 3 heteroatoms. The van der Waals surface area contributed by atoms with Gasteiger partial charge in [0.2, 0.25) is 0 Å². The van der Waals surface area contributed by atoms with Crippen LogP contribution in [0, 0.1) is 0 Å². The zero-order chi connectivity index (χ0) is 8.81. The summed E-state index contributed by atoms with van der Waals surface area (Å²) in [6, 6.07) is 1.84. The van der Waals surface area contributed by atoms with E-state index in [1.807, 2.05) is 19.9 Å². The maximum Gasteiger partial charge on any atom is 0.186 e. The Morgan fingerprint density at radius 2 is 2.00 bits per heavy atom. The topological polar surface area (TPSA) is 31.6 Å². The molecule has 3 nitrogen and oxygen atoms in total. The van der Waals surface area contributed by atoms with E-state index in [1.54, 1.807) is 12.5 Å². The van der Waals surface area contributed by atoms with Crippen molar-refractivity contribution in [2.24, 2.45) is 0 Å². The molecule has 0 bridgehead atoms. The predicted octanol–water partition coefficient (Wildman–Crippen LogP) is 2.35. The summed E-state index contributed by atoms with van der Waals surface area (Å²) < 4.78 is 15.6. The number of hydrogen-bond donors (Lipinski definition) is 0. The largest absolute Gasteiger partial charge is 0.472 e. The van der Waals surface area contributed by atoms with Crippen molar-refractivity contribution in [3.63, 3.8) is 0 Å². The van der Waals surface area contributed by atoms with Gasteiger partial charge in [-0.2, -0.15) is 0 Å². The molecule has 12 heavy (non-hydrogen) atoms. The second-order valence-corrected chi connectivity index (χ2v) is 2.30. The van der Waals surface area contributed by atoms with Gasteiger partial charge in [0.1, 0.15) is 0 Å². The van der Waals surface area contributed by atoms with Crippen molar-refractivity contribution in [3.8, 4) is 0 Å². The highest BCUT2D eigenvalue weighted by atomic mass is 16.7. The molecule has 0 saturated heterocycles. The first-order valence-electron chi connectivity index (χ1n) is 4.13. The number of hydrogen-bond acceptors (Lipinski definition) is 3. The fraction of sp³-hybridized carbons (Fsp3) is 0.556. The molecule has 0 aromatic carbocycles. The molecule has 0 saturated carbocycles. The maximum atomic E-state index is 5.34. The van der Waals surface area contributed by atoms with Gasteiger partial charge in [0, 0.05) is 18.8 Å². The summed E-state index contributed by atoms with van der Waals surface area (Å²) in [4.78, 5) is 0. The SMILES string of the molecule is CCOC(OCC)c1ccoc1. The van der Waals surface area contributed by atoms with Gasteiger partial charge in [0.05, 0.1) is 12.5 Å². The quantitative estimate of drug-likeness (QED) is 0.636. The first-order valence-corrected chi connectivity index (χ1v) is 4.13. The van der Waals surface area contributed by atoms with Gasteiger partial charge in [0.15, 0.2) is 6.29 Å². The van der Waals surface area contributed by atoms with Gasteiger partial charge in [-0.1, -0.05) is 0 Å². The zero-order valence-electron chi connectivity index (χ0n) is 7.45. The van der Waals surface area contributed by atoms with Crippen LogP contribution >= 0.6 is 0 Å². The second-order valence-electron chi connectivity index (χ2n) is 2.30. The number of rotatable bonds is 5. The average molecular weight is 170 g/mol. The molecule has 1 aromatic heterocycles. The third-order valence-electron chi connectivity index (χ3n) is 1.45. The fourth-order valence-electron chi connectivity index (χ4n) is 0.952. The highest BCUT2D eigenvalue weighted by Gasteiger charge is 2.11. The zero-order valence-corrected chi connectivity index (χ0v) is 7.45. The molecule has 1 rings (SSSR count). The minimum Gasteiger partial charge on any atom is -0.472 e. The Morgan fingerprint density at radius 3 is 2.42 bits per heavy atom. The molecule has 0 radical (unpaired) electrons. The van der Waals surface area contributed by atoms with Crippen molar-refractivity contribution in [1.29, 1.82) is 0 Å². The fourth-order valence-corrected chi connectivity index (χ4v) is 0.952. The van der Waals surface area contributed by atoms with Gasteiger partial charge >= 0.3 is 0 Å². The smallest absolute Gasteiger partial charge is 0.186 e. The van der Waals surface area contributed by atoms with Crippen LogP contribution in [0.3, 0.4) is 0 Å². The van der Waals surface area contributed by atoms with Crippen molar-refractivity contribution in [3.05, 3.63) is 24.2 Å². The summed E-state index contributed by atoms with van der Waals surface area (Å²) >= 11 is 0. The Morgan fingerprint density at radius 1 is 1.33 bits per heavy atom. The van der Waals surface area contributed by atoms with E-state index in [9.17, 15) is 0 Å². The highest BCUT2D eigenvalue weighted by molar-refractivity contribution is 5.06. The summed E-state index contributed by atoms with van der Waals surface area (Å²) in [5.74, 6) is 0. The van der Waals surface area contributed by atoms with E-state index in [-0.39, 0.29) is 6.29 Å². The summed E-state index contributed by atoms with van der Waals surface area (Å²) in [6.07, 6.45) is 2.97. The van der Waals surface area contributed by atoms with Crippen LogP contribution in [0.5, 0.6) is 0 Å². The number of ether oxygens (including phenoxy) is 2. The van der Waals surface area contributed by atoms with E-state index in [4.69, 9.17) is 13.9 Å². The predicted molar refractivity (Wildman–Crippen MR) is 44.7 cm³/mol. The van der Waals surface area contributed by atoms with E-state index >= 15 is 0 Å². The summed E-state index contributed by atoms with van der Waals surface area (Å²) in [6.45, 7) is 5.14. The Hall–Kier alpha value is -0.800. The van der Waals surface area contributed by atoms with Gasteiger partial charge in [-0.15, -0.1) is 0 Å². The van der Waals surface area contributed by atoms with E-state index in [1.165, 1.54) is 0 Å². The van der Waals surface area contributed by atoms with Crippen LogP contribution in [-0.2, 0) is 9.47 Å². The van der Waals surface area contributed by atoms with E-state index in [2.05, 4.69) is 0 Å². The lowest BCUT2D eigenvalue weighted by molar-refractivity contribution is -0.140. The van der Waals surface area contributed by atoms with Crippen LogP contribution in [0.15, 0.2) is 23.0 Å². The van der Waals surface area contributed by atoms with E-state index in [0.29, 0.717) is 13.2 Å². The monoisotopic (exact) mass is 170 g/mol. The molecule has 0 fully saturated rings. The molecule has 0 amide bonds. The van der Waals surface area contributed by atoms with Crippen LogP contribution in [-0.4, -0.2) is 13.2 Å². The van der Waals surface area contributed by atoms with E-state index in [0.717, 1.165) is 5.56 Å². The summed E-state index contributed by atoms with van der Waals surface area (Å²) in [5.41, 5.74) is 0.929. The molecule has 0 aliphatic carbocycles. The molecule has 0 spiro atoms. The lowest BCUT2D eigenvalue weighted by Gasteiger charge is -2.14. The lowest BCUT2D eigenvalue weighted by Crippen LogP contribution is -2.07. The molecular weight excluding hydrogens is 156 g/mol. The van der Waals surface area contributed by atoms with Crippen molar-refractivity contribution >= 4 is 0 Å². The van der Waals surface area contributed by atoms with Crippen LogP contribution in [0.1, 0.15) is 25.7 Å². The summed E-state index contributed by atoms with van der Waals surface area (Å²) in [5, 5.41) is 0. The normalized spacial score (nSPS) is 10.9. The Labute approximate surface area is 72.3 Å². The summed E-state index contributed by atoms with van der Waals surface area (Å²) in [7, 11) is 0. The van der Waals surface area contributed by atoms with Gasteiger partial charge < -0.3 is 13.9 Å². The Kier molecular flexibility index (Phi) is 3.84. The molecular formula is C9H14O3. The Balaban J connectivity index is 2.53. The molecule has 0 atom stereocenters. The average Bonchev–Trinajstić information content (AvgIpc) is 2.56. The third kappa shape index (κ3) is 2.36. The molecule has 0 N–H and O–H groups in total. The standard InChI is InChI=1S/C9H14O3/c1-3-11-9(12-4-2)8-5-6-10-7-8/h5-7,9H,3-4H2,1-2H3. The first kappa shape index (κ1) is 9.29. The van der Waals surface area contributed by atoms with Gasteiger partial charge in [-0.3, -0.25) is 0 Å². The van der Waals surface area contributed by atoms with Gasteiger partial charge in [0.25, 0.3) is 0 Å².